The molecule has 0 spiro atoms. The van der Waals surface area contributed by atoms with E-state index in [1.54, 1.807) is 11.6 Å². The summed E-state index contributed by atoms with van der Waals surface area (Å²) in [5, 5.41) is 5.23. The Hall–Kier alpha value is -1.62. The SMILES string of the molecule is Cn1cnn2c(cc3c(Br)cccc32)c1=O. The van der Waals surface area contributed by atoms with Gasteiger partial charge in [-0.3, -0.25) is 9.36 Å². The Labute approximate surface area is 99.2 Å². The first-order chi connectivity index (χ1) is 7.68. The standard InChI is InChI=1S/C11H8BrN3O/c1-14-6-13-15-9-4-2-3-8(12)7(9)5-10(15)11(14)16/h2-6H,1H3. The second-order valence-electron chi connectivity index (χ2n) is 3.66. The quantitative estimate of drug-likeness (QED) is 0.630. The summed E-state index contributed by atoms with van der Waals surface area (Å²) in [6.45, 7) is 0. The van der Waals surface area contributed by atoms with E-state index in [0.717, 1.165) is 15.4 Å². The van der Waals surface area contributed by atoms with E-state index in [1.807, 2.05) is 24.3 Å². The van der Waals surface area contributed by atoms with Crippen LogP contribution in [0.1, 0.15) is 0 Å². The summed E-state index contributed by atoms with van der Waals surface area (Å²) in [4.78, 5) is 11.9. The van der Waals surface area contributed by atoms with E-state index in [1.165, 1.54) is 10.9 Å². The molecule has 5 heteroatoms. The molecule has 2 aromatic heterocycles. The number of rotatable bonds is 0. The van der Waals surface area contributed by atoms with Crippen molar-refractivity contribution in [2.45, 2.75) is 0 Å². The normalized spacial score (nSPS) is 11.4. The minimum atomic E-state index is -0.0434. The van der Waals surface area contributed by atoms with E-state index in [2.05, 4.69) is 21.0 Å². The molecule has 0 aliphatic heterocycles. The molecule has 2 heterocycles. The highest BCUT2D eigenvalue weighted by Gasteiger charge is 2.09. The summed E-state index contributed by atoms with van der Waals surface area (Å²) >= 11 is 3.47. The van der Waals surface area contributed by atoms with Crippen LogP contribution in [-0.2, 0) is 7.05 Å². The number of hydrogen-bond donors (Lipinski definition) is 0. The number of aryl methyl sites for hydroxylation is 1. The van der Waals surface area contributed by atoms with Crippen molar-refractivity contribution in [2.75, 3.05) is 0 Å². The molecule has 0 radical (unpaired) electrons. The fourth-order valence-electron chi connectivity index (χ4n) is 1.82. The van der Waals surface area contributed by atoms with Gasteiger partial charge in [-0.15, -0.1) is 0 Å². The van der Waals surface area contributed by atoms with Crippen LogP contribution in [0.25, 0.3) is 16.4 Å². The average Bonchev–Trinajstić information content (AvgIpc) is 2.65. The molecule has 0 unspecified atom stereocenters. The summed E-state index contributed by atoms with van der Waals surface area (Å²) < 4.78 is 4.11. The largest absolute Gasteiger partial charge is 0.299 e. The number of fused-ring (bicyclic) bond motifs is 3. The van der Waals surface area contributed by atoms with Crippen molar-refractivity contribution in [3.8, 4) is 0 Å². The van der Waals surface area contributed by atoms with Gasteiger partial charge in [0.15, 0.2) is 0 Å². The van der Waals surface area contributed by atoms with Crippen molar-refractivity contribution in [1.29, 1.82) is 0 Å². The number of aromatic nitrogens is 3. The van der Waals surface area contributed by atoms with E-state index in [9.17, 15) is 4.79 Å². The number of nitrogens with zero attached hydrogens (tertiary/aromatic N) is 3. The van der Waals surface area contributed by atoms with Crippen LogP contribution in [0.2, 0.25) is 0 Å². The smallest absolute Gasteiger partial charge is 0.277 e. The van der Waals surface area contributed by atoms with Gasteiger partial charge in [0, 0.05) is 16.9 Å². The molecule has 0 amide bonds. The van der Waals surface area contributed by atoms with Crippen LogP contribution in [-0.4, -0.2) is 14.2 Å². The minimum absolute atomic E-state index is 0.0434. The third kappa shape index (κ3) is 1.15. The first-order valence-corrected chi connectivity index (χ1v) is 5.59. The molecule has 16 heavy (non-hydrogen) atoms. The molecule has 4 nitrogen and oxygen atoms in total. The molecule has 0 aliphatic carbocycles. The van der Waals surface area contributed by atoms with Crippen LogP contribution in [0.3, 0.4) is 0 Å². The molecule has 0 N–H and O–H groups in total. The van der Waals surface area contributed by atoms with Gasteiger partial charge in [0.25, 0.3) is 5.56 Å². The maximum Gasteiger partial charge on any atom is 0.277 e. The lowest BCUT2D eigenvalue weighted by atomic mass is 10.2. The van der Waals surface area contributed by atoms with Crippen molar-refractivity contribution in [2.24, 2.45) is 7.05 Å². The first kappa shape index (κ1) is 9.59. The second-order valence-corrected chi connectivity index (χ2v) is 4.52. The molecular formula is C11H8BrN3O. The van der Waals surface area contributed by atoms with Crippen molar-refractivity contribution >= 4 is 32.3 Å². The maximum atomic E-state index is 11.9. The summed E-state index contributed by atoms with van der Waals surface area (Å²) in [5.41, 5.74) is 1.48. The Bertz CT molecular complexity index is 757. The number of benzene rings is 1. The second kappa shape index (κ2) is 3.18. The first-order valence-electron chi connectivity index (χ1n) is 4.80. The third-order valence-electron chi connectivity index (χ3n) is 2.65. The van der Waals surface area contributed by atoms with Gasteiger partial charge in [-0.25, -0.2) is 4.52 Å². The van der Waals surface area contributed by atoms with Crippen molar-refractivity contribution in [3.63, 3.8) is 0 Å². The Morgan fingerprint density at radius 2 is 2.12 bits per heavy atom. The van der Waals surface area contributed by atoms with Crippen LogP contribution in [0.4, 0.5) is 0 Å². The molecule has 0 bridgehead atoms. The highest BCUT2D eigenvalue weighted by atomic mass is 79.9. The average molecular weight is 278 g/mol. The fraction of sp³-hybridized carbons (Fsp3) is 0.0909. The van der Waals surface area contributed by atoms with E-state index in [-0.39, 0.29) is 5.56 Å². The van der Waals surface area contributed by atoms with Crippen molar-refractivity contribution < 1.29 is 0 Å². The van der Waals surface area contributed by atoms with Crippen molar-refractivity contribution in [1.82, 2.24) is 14.2 Å². The van der Waals surface area contributed by atoms with Gasteiger partial charge >= 0.3 is 0 Å². The van der Waals surface area contributed by atoms with Crippen LogP contribution in [0.5, 0.6) is 0 Å². The molecule has 3 aromatic rings. The van der Waals surface area contributed by atoms with Gasteiger partial charge in [0.1, 0.15) is 11.8 Å². The molecule has 0 fully saturated rings. The van der Waals surface area contributed by atoms with Gasteiger partial charge < -0.3 is 0 Å². The van der Waals surface area contributed by atoms with Gasteiger partial charge in [-0.05, 0) is 18.2 Å². The van der Waals surface area contributed by atoms with Crippen LogP contribution >= 0.6 is 15.9 Å². The van der Waals surface area contributed by atoms with Gasteiger partial charge in [-0.2, -0.15) is 5.10 Å². The molecule has 0 aliphatic rings. The Morgan fingerprint density at radius 3 is 2.94 bits per heavy atom. The van der Waals surface area contributed by atoms with Gasteiger partial charge in [-0.1, -0.05) is 22.0 Å². The monoisotopic (exact) mass is 277 g/mol. The Morgan fingerprint density at radius 1 is 1.31 bits per heavy atom. The van der Waals surface area contributed by atoms with Crippen LogP contribution in [0.15, 0.2) is 39.9 Å². The zero-order valence-corrected chi connectivity index (χ0v) is 10.1. The zero-order valence-electron chi connectivity index (χ0n) is 8.51. The maximum absolute atomic E-state index is 11.9. The highest BCUT2D eigenvalue weighted by Crippen LogP contribution is 2.25. The summed E-state index contributed by atoms with van der Waals surface area (Å²) in [7, 11) is 1.70. The molecule has 3 rings (SSSR count). The minimum Gasteiger partial charge on any atom is -0.299 e. The summed E-state index contributed by atoms with van der Waals surface area (Å²) in [6, 6.07) is 7.68. The van der Waals surface area contributed by atoms with Gasteiger partial charge in [0.05, 0.1) is 5.52 Å². The van der Waals surface area contributed by atoms with E-state index in [0.29, 0.717) is 5.52 Å². The lowest BCUT2D eigenvalue weighted by Gasteiger charge is -1.98. The van der Waals surface area contributed by atoms with Crippen LogP contribution in [0, 0.1) is 0 Å². The zero-order chi connectivity index (χ0) is 11.3. The lowest BCUT2D eigenvalue weighted by molar-refractivity contribution is 0.773. The lowest BCUT2D eigenvalue weighted by Crippen LogP contribution is -2.19. The predicted octanol–water partition coefficient (Wildman–Crippen LogP) is 1.95. The summed E-state index contributed by atoms with van der Waals surface area (Å²) in [6.07, 6.45) is 1.52. The Balaban J connectivity index is 2.66. The molecule has 0 atom stereocenters. The van der Waals surface area contributed by atoms with E-state index < -0.39 is 0 Å². The molecule has 0 saturated heterocycles. The molecule has 0 saturated carbocycles. The highest BCUT2D eigenvalue weighted by molar-refractivity contribution is 9.10. The topological polar surface area (TPSA) is 39.3 Å². The van der Waals surface area contributed by atoms with Gasteiger partial charge in [0.2, 0.25) is 0 Å². The number of hydrogen-bond acceptors (Lipinski definition) is 2. The molecule has 1 aromatic carbocycles. The third-order valence-corrected chi connectivity index (χ3v) is 3.34. The fourth-order valence-corrected chi connectivity index (χ4v) is 2.29. The summed E-state index contributed by atoms with van der Waals surface area (Å²) in [5.74, 6) is 0. The van der Waals surface area contributed by atoms with Crippen molar-refractivity contribution in [3.05, 3.63) is 45.4 Å². The Kier molecular flexibility index (Phi) is 1.91. The number of halogens is 1. The van der Waals surface area contributed by atoms with E-state index >= 15 is 0 Å². The van der Waals surface area contributed by atoms with E-state index in [4.69, 9.17) is 0 Å². The molecular weight excluding hydrogens is 270 g/mol. The predicted molar refractivity (Wildman–Crippen MR) is 65.6 cm³/mol. The van der Waals surface area contributed by atoms with Crippen LogP contribution < -0.4 is 5.56 Å². The molecule has 80 valence electrons.